The van der Waals surface area contributed by atoms with Crippen molar-refractivity contribution in [3.63, 3.8) is 0 Å². The minimum absolute atomic E-state index is 0.221. The Kier molecular flexibility index (Phi) is 3.83. The fourth-order valence-corrected chi connectivity index (χ4v) is 3.91. The number of nitrogens with one attached hydrogen (secondary N) is 1. The van der Waals surface area contributed by atoms with Crippen molar-refractivity contribution in [3.05, 3.63) is 53.7 Å². The zero-order valence-corrected chi connectivity index (χ0v) is 13.4. The highest BCUT2D eigenvalue weighted by atomic mass is 32.1. The van der Waals surface area contributed by atoms with Crippen LogP contribution in [0, 0.1) is 5.82 Å². The number of thiazole rings is 1. The molecule has 1 aliphatic rings. The lowest BCUT2D eigenvalue weighted by Gasteiger charge is -2.31. The van der Waals surface area contributed by atoms with E-state index in [1.807, 2.05) is 17.8 Å². The molecule has 0 aliphatic carbocycles. The molecule has 1 atom stereocenters. The molecule has 0 bridgehead atoms. The van der Waals surface area contributed by atoms with Crippen molar-refractivity contribution >= 4 is 16.5 Å². The van der Waals surface area contributed by atoms with Crippen LogP contribution in [0.1, 0.15) is 24.6 Å². The van der Waals surface area contributed by atoms with Crippen molar-refractivity contribution in [1.82, 2.24) is 15.0 Å². The number of benzene rings is 1. The lowest BCUT2D eigenvalue weighted by Crippen LogP contribution is -2.34. The van der Waals surface area contributed by atoms with Crippen LogP contribution >= 0.6 is 11.3 Å². The smallest absolute Gasteiger partial charge is 0.185 e. The average molecular weight is 328 g/mol. The Bertz CT molecular complexity index is 766. The van der Waals surface area contributed by atoms with Gasteiger partial charge in [0.1, 0.15) is 11.6 Å². The zero-order chi connectivity index (χ0) is 15.6. The van der Waals surface area contributed by atoms with Crippen molar-refractivity contribution in [1.29, 1.82) is 0 Å². The molecule has 0 amide bonds. The van der Waals surface area contributed by atoms with Gasteiger partial charge in [-0.05, 0) is 37.1 Å². The van der Waals surface area contributed by atoms with Gasteiger partial charge in [0.25, 0.3) is 0 Å². The molecule has 3 aromatic rings. The number of aromatic nitrogens is 3. The largest absolute Gasteiger partial charge is 0.348 e. The number of aromatic amines is 1. The Balaban J connectivity index is 1.53. The minimum Gasteiger partial charge on any atom is -0.348 e. The van der Waals surface area contributed by atoms with Crippen molar-refractivity contribution < 1.29 is 4.39 Å². The molecule has 0 radical (unpaired) electrons. The predicted octanol–water partition coefficient (Wildman–Crippen LogP) is 4.06. The van der Waals surface area contributed by atoms with E-state index in [-0.39, 0.29) is 5.82 Å². The normalized spacial score (nSPS) is 18.3. The van der Waals surface area contributed by atoms with Gasteiger partial charge in [-0.1, -0.05) is 0 Å². The molecule has 1 fully saturated rings. The number of rotatable bonds is 3. The van der Waals surface area contributed by atoms with Crippen LogP contribution in [0.2, 0.25) is 0 Å². The molecule has 0 saturated carbocycles. The van der Waals surface area contributed by atoms with E-state index in [0.29, 0.717) is 5.92 Å². The number of hydrogen-bond donors (Lipinski definition) is 1. The van der Waals surface area contributed by atoms with Crippen molar-refractivity contribution in [2.45, 2.75) is 18.8 Å². The molecular weight excluding hydrogens is 311 g/mol. The summed E-state index contributed by atoms with van der Waals surface area (Å²) in [6.45, 7) is 1.96. The summed E-state index contributed by atoms with van der Waals surface area (Å²) in [6.07, 6.45) is 5.98. The van der Waals surface area contributed by atoms with Crippen LogP contribution < -0.4 is 4.90 Å². The SMILES string of the molecule is Fc1ccc(-c2csc(N3CCCC(c4ncc[nH]4)C3)n2)cc1. The summed E-state index contributed by atoms with van der Waals surface area (Å²) in [4.78, 5) is 14.7. The molecule has 4 rings (SSSR count). The second kappa shape index (κ2) is 6.12. The van der Waals surface area contributed by atoms with E-state index in [2.05, 4.69) is 14.9 Å². The van der Waals surface area contributed by atoms with Crippen molar-refractivity contribution in [3.8, 4) is 11.3 Å². The van der Waals surface area contributed by atoms with Crippen molar-refractivity contribution in [2.75, 3.05) is 18.0 Å². The molecule has 1 N–H and O–H groups in total. The monoisotopic (exact) mass is 328 g/mol. The highest BCUT2D eigenvalue weighted by Crippen LogP contribution is 2.32. The van der Waals surface area contributed by atoms with Gasteiger partial charge in [0, 0.05) is 42.3 Å². The van der Waals surface area contributed by atoms with E-state index in [0.717, 1.165) is 48.1 Å². The van der Waals surface area contributed by atoms with Gasteiger partial charge >= 0.3 is 0 Å². The fourth-order valence-electron chi connectivity index (χ4n) is 3.04. The van der Waals surface area contributed by atoms with Crippen LogP contribution in [0.3, 0.4) is 0 Å². The van der Waals surface area contributed by atoms with E-state index in [1.54, 1.807) is 23.5 Å². The molecule has 118 valence electrons. The van der Waals surface area contributed by atoms with Gasteiger partial charge in [-0.3, -0.25) is 0 Å². The Morgan fingerprint density at radius 2 is 2.13 bits per heavy atom. The van der Waals surface area contributed by atoms with Gasteiger partial charge in [0.05, 0.1) is 5.69 Å². The molecule has 1 aromatic carbocycles. The first-order valence-corrected chi connectivity index (χ1v) is 8.63. The molecule has 1 saturated heterocycles. The van der Waals surface area contributed by atoms with Gasteiger partial charge in [0.2, 0.25) is 0 Å². The third kappa shape index (κ3) is 2.99. The Hall–Kier alpha value is -2.21. The highest BCUT2D eigenvalue weighted by Gasteiger charge is 2.24. The summed E-state index contributed by atoms with van der Waals surface area (Å²) >= 11 is 1.64. The van der Waals surface area contributed by atoms with Gasteiger partial charge in [-0.2, -0.15) is 0 Å². The Labute approximate surface area is 138 Å². The summed E-state index contributed by atoms with van der Waals surface area (Å²) in [5, 5.41) is 3.07. The molecular formula is C17H17FN4S. The Morgan fingerprint density at radius 1 is 1.26 bits per heavy atom. The topological polar surface area (TPSA) is 44.8 Å². The first-order valence-electron chi connectivity index (χ1n) is 7.75. The second-order valence-electron chi connectivity index (χ2n) is 5.78. The number of hydrogen-bond acceptors (Lipinski definition) is 4. The van der Waals surface area contributed by atoms with E-state index in [4.69, 9.17) is 4.98 Å². The number of anilines is 1. The van der Waals surface area contributed by atoms with E-state index in [9.17, 15) is 4.39 Å². The number of H-pyrrole nitrogens is 1. The van der Waals surface area contributed by atoms with E-state index < -0.39 is 0 Å². The summed E-state index contributed by atoms with van der Waals surface area (Å²) in [5.74, 6) is 1.27. The van der Waals surface area contributed by atoms with Gasteiger partial charge in [-0.15, -0.1) is 11.3 Å². The molecule has 4 nitrogen and oxygen atoms in total. The standard InChI is InChI=1S/C17H17FN4S/c18-14-5-3-12(4-6-14)15-11-23-17(21-15)22-9-1-2-13(10-22)16-19-7-8-20-16/h3-8,11,13H,1-2,9-10H2,(H,19,20). The van der Waals surface area contributed by atoms with Crippen LogP contribution in [0.25, 0.3) is 11.3 Å². The quantitative estimate of drug-likeness (QED) is 0.789. The van der Waals surface area contributed by atoms with Crippen LogP contribution in [-0.2, 0) is 0 Å². The maximum absolute atomic E-state index is 13.0. The second-order valence-corrected chi connectivity index (χ2v) is 6.62. The fraction of sp³-hybridized carbons (Fsp3) is 0.294. The number of imidazole rings is 1. The van der Waals surface area contributed by atoms with E-state index >= 15 is 0 Å². The van der Waals surface area contributed by atoms with Crippen LogP contribution in [-0.4, -0.2) is 28.0 Å². The molecule has 3 heterocycles. The third-order valence-corrected chi connectivity index (χ3v) is 5.13. The number of halogens is 1. The van der Waals surface area contributed by atoms with Gasteiger partial charge in [0.15, 0.2) is 5.13 Å². The minimum atomic E-state index is -0.221. The highest BCUT2D eigenvalue weighted by molar-refractivity contribution is 7.14. The predicted molar refractivity (Wildman–Crippen MR) is 90.3 cm³/mol. The molecule has 1 unspecified atom stereocenters. The maximum atomic E-state index is 13.0. The lowest BCUT2D eigenvalue weighted by atomic mass is 9.98. The third-order valence-electron chi connectivity index (χ3n) is 4.23. The summed E-state index contributed by atoms with van der Waals surface area (Å²) in [6, 6.07) is 6.50. The van der Waals surface area contributed by atoms with E-state index in [1.165, 1.54) is 12.1 Å². The zero-order valence-electron chi connectivity index (χ0n) is 12.6. The lowest BCUT2D eigenvalue weighted by molar-refractivity contribution is 0.494. The van der Waals surface area contributed by atoms with Gasteiger partial charge < -0.3 is 9.88 Å². The maximum Gasteiger partial charge on any atom is 0.185 e. The number of piperidine rings is 1. The van der Waals surface area contributed by atoms with Crippen molar-refractivity contribution in [2.24, 2.45) is 0 Å². The van der Waals surface area contributed by atoms with Crippen LogP contribution in [0.4, 0.5) is 9.52 Å². The number of nitrogens with zero attached hydrogens (tertiary/aromatic N) is 3. The summed E-state index contributed by atoms with van der Waals surface area (Å²) in [5.41, 5.74) is 1.86. The summed E-state index contributed by atoms with van der Waals surface area (Å²) in [7, 11) is 0. The molecule has 6 heteroatoms. The molecule has 0 spiro atoms. The molecule has 23 heavy (non-hydrogen) atoms. The average Bonchev–Trinajstić information content (AvgIpc) is 3.28. The van der Waals surface area contributed by atoms with Crippen LogP contribution in [0.5, 0.6) is 0 Å². The van der Waals surface area contributed by atoms with Gasteiger partial charge in [-0.25, -0.2) is 14.4 Å². The molecule has 1 aliphatic heterocycles. The first kappa shape index (κ1) is 14.4. The Morgan fingerprint density at radius 3 is 2.91 bits per heavy atom. The first-order chi connectivity index (χ1) is 11.3. The molecule has 2 aromatic heterocycles. The summed E-state index contributed by atoms with van der Waals surface area (Å²) < 4.78 is 13.0. The van der Waals surface area contributed by atoms with Crippen LogP contribution in [0.15, 0.2) is 42.0 Å².